The molecular formula is C22H28N5O3+. The molecule has 158 valence electrons. The maximum atomic E-state index is 12.6. The zero-order valence-electron chi connectivity index (χ0n) is 17.2. The van der Waals surface area contributed by atoms with Crippen LogP contribution in [0.2, 0.25) is 0 Å². The second-order valence-corrected chi connectivity index (χ2v) is 6.85. The summed E-state index contributed by atoms with van der Waals surface area (Å²) in [6, 6.07) is 7.43. The van der Waals surface area contributed by atoms with Gasteiger partial charge in [0.05, 0.1) is 31.0 Å². The highest BCUT2D eigenvalue weighted by Gasteiger charge is 2.14. The van der Waals surface area contributed by atoms with Crippen LogP contribution in [-0.4, -0.2) is 49.4 Å². The molecule has 1 aromatic heterocycles. The molecular weight excluding hydrogens is 382 g/mol. The van der Waals surface area contributed by atoms with Crippen LogP contribution in [0.1, 0.15) is 42.2 Å². The van der Waals surface area contributed by atoms with Crippen LogP contribution in [0.25, 0.3) is 16.5 Å². The largest absolute Gasteiger partial charge is 0.493 e. The molecule has 3 rings (SSSR count). The van der Waals surface area contributed by atoms with Crippen LogP contribution in [0.4, 0.5) is 0 Å². The van der Waals surface area contributed by atoms with Crippen LogP contribution >= 0.6 is 0 Å². The Morgan fingerprint density at radius 2 is 2.30 bits per heavy atom. The molecule has 0 fully saturated rings. The fourth-order valence-electron chi connectivity index (χ4n) is 3.27. The van der Waals surface area contributed by atoms with E-state index in [1.54, 1.807) is 12.1 Å². The standard InChI is InChI=1S/C22H27N5O3/c1-2-30-20-13-18(15-7-10-29-11-8-15)27-19-12-16(5-6-17(19)20)22(28)25-9-3-4-21(24)26-14-23/h5-7,12-14H,2-4,8-11H2,1H3,(H,25,28)(H3,23,24,26)/p+1. The van der Waals surface area contributed by atoms with Crippen molar-refractivity contribution in [1.29, 1.82) is 0 Å². The number of nitrogens with zero attached hydrogens (tertiary/aromatic N) is 2. The first-order valence-corrected chi connectivity index (χ1v) is 10.1. The van der Waals surface area contributed by atoms with Gasteiger partial charge in [-0.25, -0.2) is 4.98 Å². The summed E-state index contributed by atoms with van der Waals surface area (Å²) in [6.45, 7) is 4.25. The van der Waals surface area contributed by atoms with Crippen molar-refractivity contribution in [2.45, 2.75) is 26.2 Å². The average molecular weight is 410 g/mol. The average Bonchev–Trinajstić information content (AvgIpc) is 2.77. The van der Waals surface area contributed by atoms with Gasteiger partial charge < -0.3 is 20.5 Å². The Balaban J connectivity index is 1.79. The molecule has 0 saturated heterocycles. The molecule has 1 amide bonds. The van der Waals surface area contributed by atoms with Crippen molar-refractivity contribution in [2.24, 2.45) is 10.7 Å². The smallest absolute Gasteiger partial charge is 0.279 e. The van der Waals surface area contributed by atoms with Gasteiger partial charge in [-0.2, -0.15) is 0 Å². The molecule has 0 spiro atoms. The summed E-state index contributed by atoms with van der Waals surface area (Å²) in [7, 11) is 0. The first kappa shape index (κ1) is 21.4. The highest BCUT2D eigenvalue weighted by Crippen LogP contribution is 2.30. The van der Waals surface area contributed by atoms with Crippen LogP contribution in [0.15, 0.2) is 35.3 Å². The summed E-state index contributed by atoms with van der Waals surface area (Å²) in [5, 5.41) is 8.99. The number of aromatic nitrogens is 1. The lowest BCUT2D eigenvalue weighted by atomic mass is 10.0. The van der Waals surface area contributed by atoms with Gasteiger partial charge in [-0.05, 0) is 48.5 Å². The van der Waals surface area contributed by atoms with Gasteiger partial charge >= 0.3 is 0 Å². The van der Waals surface area contributed by atoms with E-state index in [1.807, 2.05) is 25.1 Å². The minimum Gasteiger partial charge on any atom is -0.493 e. The number of benzene rings is 1. The van der Waals surface area contributed by atoms with Gasteiger partial charge in [-0.3, -0.25) is 10.2 Å². The second-order valence-electron chi connectivity index (χ2n) is 6.85. The third kappa shape index (κ3) is 5.42. The van der Waals surface area contributed by atoms with Gasteiger partial charge in [0.2, 0.25) is 5.84 Å². The van der Waals surface area contributed by atoms with Crippen LogP contribution in [0, 0.1) is 0 Å². The number of hydrogen-bond acceptors (Lipinski definition) is 4. The number of amidine groups is 1. The first-order chi connectivity index (χ1) is 14.6. The summed E-state index contributed by atoms with van der Waals surface area (Å²) in [4.78, 5) is 21.2. The fourth-order valence-corrected chi connectivity index (χ4v) is 3.27. The predicted molar refractivity (Wildman–Crippen MR) is 118 cm³/mol. The molecule has 1 aliphatic heterocycles. The summed E-state index contributed by atoms with van der Waals surface area (Å²) >= 11 is 0. The quantitative estimate of drug-likeness (QED) is 0.324. The van der Waals surface area contributed by atoms with E-state index in [2.05, 4.69) is 10.3 Å². The van der Waals surface area contributed by atoms with Crippen molar-refractivity contribution in [3.63, 3.8) is 0 Å². The topological polar surface area (TPSA) is 124 Å². The molecule has 0 saturated carbocycles. The molecule has 8 nitrogen and oxygen atoms in total. The maximum absolute atomic E-state index is 12.6. The minimum absolute atomic E-state index is 0.159. The number of nitrogens with one attached hydrogen (secondary N) is 1. The number of nitrogens with two attached hydrogens (primary N) is 2. The first-order valence-electron chi connectivity index (χ1n) is 10.1. The monoisotopic (exact) mass is 410 g/mol. The van der Waals surface area contributed by atoms with Gasteiger partial charge in [0.15, 0.2) is 0 Å². The Hall–Kier alpha value is -3.26. The Labute approximate surface area is 175 Å². The fraction of sp³-hybridized carbons (Fsp3) is 0.364. The van der Waals surface area contributed by atoms with Crippen LogP contribution < -0.4 is 21.2 Å². The van der Waals surface area contributed by atoms with Gasteiger partial charge in [-0.15, -0.1) is 0 Å². The second kappa shape index (κ2) is 10.5. The molecule has 2 aromatic rings. The third-order valence-corrected chi connectivity index (χ3v) is 4.76. The maximum Gasteiger partial charge on any atom is 0.279 e. The Bertz CT molecular complexity index is 984. The number of hydrogen-bond donors (Lipinski definition) is 3. The summed E-state index contributed by atoms with van der Waals surface area (Å²) in [6.07, 6.45) is 5.25. The van der Waals surface area contributed by atoms with Gasteiger partial charge in [-0.1, -0.05) is 6.08 Å². The molecule has 1 aromatic carbocycles. The van der Waals surface area contributed by atoms with Crippen LogP contribution in [0.3, 0.4) is 0 Å². The van der Waals surface area contributed by atoms with Crippen molar-refractivity contribution in [1.82, 2.24) is 10.3 Å². The van der Waals surface area contributed by atoms with E-state index >= 15 is 0 Å². The number of carbonyl (C=O) groups excluding carboxylic acids is 1. The minimum atomic E-state index is -0.159. The Morgan fingerprint density at radius 1 is 1.43 bits per heavy atom. The molecule has 0 aliphatic carbocycles. The molecule has 0 unspecified atom stereocenters. The molecule has 30 heavy (non-hydrogen) atoms. The van der Waals surface area contributed by atoms with Gasteiger partial charge in [0, 0.05) is 30.0 Å². The van der Waals surface area contributed by atoms with E-state index in [4.69, 9.17) is 25.6 Å². The normalized spacial score (nSPS) is 14.3. The lowest BCUT2D eigenvalue weighted by Crippen LogP contribution is -2.30. The van der Waals surface area contributed by atoms with E-state index in [1.165, 1.54) is 0 Å². The number of aliphatic imine (C=N–C) groups is 1. The predicted octanol–water partition coefficient (Wildman–Crippen LogP) is 1.09. The number of carbonyl (C=O) groups is 1. The molecule has 0 bridgehead atoms. The molecule has 8 heteroatoms. The summed E-state index contributed by atoms with van der Waals surface area (Å²) in [5.41, 5.74) is 8.95. The van der Waals surface area contributed by atoms with Crippen molar-refractivity contribution in [2.75, 3.05) is 26.4 Å². The molecule has 2 heterocycles. The van der Waals surface area contributed by atoms with E-state index < -0.39 is 0 Å². The Kier molecular flexibility index (Phi) is 7.51. The molecule has 0 atom stereocenters. The van der Waals surface area contributed by atoms with Crippen molar-refractivity contribution >= 4 is 34.6 Å². The zero-order valence-corrected chi connectivity index (χ0v) is 17.2. The number of pyridine rings is 1. The van der Waals surface area contributed by atoms with Crippen molar-refractivity contribution in [3.8, 4) is 5.75 Å². The molecule has 5 N–H and O–H groups in total. The van der Waals surface area contributed by atoms with Gasteiger partial charge in [0.1, 0.15) is 5.75 Å². The number of fused-ring (bicyclic) bond motifs is 1. The SMILES string of the molecule is CCOc1cc(C2=CCOCC2)nc2cc(C(=O)NCCCC(N)=NC=[NH2+])ccc12. The summed E-state index contributed by atoms with van der Waals surface area (Å²) in [5.74, 6) is 1.05. The third-order valence-electron chi connectivity index (χ3n) is 4.76. The van der Waals surface area contributed by atoms with Gasteiger partial charge in [0.25, 0.3) is 12.2 Å². The Morgan fingerprint density at radius 3 is 3.03 bits per heavy atom. The van der Waals surface area contributed by atoms with Crippen LogP contribution in [0.5, 0.6) is 5.75 Å². The van der Waals surface area contributed by atoms with Crippen molar-refractivity contribution < 1.29 is 19.7 Å². The van der Waals surface area contributed by atoms with E-state index in [0.717, 1.165) is 40.7 Å². The number of ether oxygens (including phenoxy) is 2. The molecule has 0 radical (unpaired) electrons. The highest BCUT2D eigenvalue weighted by atomic mass is 16.5. The number of rotatable bonds is 9. The lowest BCUT2D eigenvalue weighted by Gasteiger charge is -2.16. The summed E-state index contributed by atoms with van der Waals surface area (Å²) < 4.78 is 11.2. The van der Waals surface area contributed by atoms with Crippen molar-refractivity contribution in [3.05, 3.63) is 41.6 Å². The number of amides is 1. The zero-order chi connectivity index (χ0) is 21.3. The van der Waals surface area contributed by atoms with E-state index in [0.29, 0.717) is 50.6 Å². The lowest BCUT2D eigenvalue weighted by molar-refractivity contribution is -0.106. The highest BCUT2D eigenvalue weighted by molar-refractivity contribution is 5.99. The van der Waals surface area contributed by atoms with E-state index in [-0.39, 0.29) is 5.91 Å². The molecule has 1 aliphatic rings. The van der Waals surface area contributed by atoms with E-state index in [9.17, 15) is 4.79 Å². The van der Waals surface area contributed by atoms with Crippen LogP contribution in [-0.2, 0) is 4.74 Å².